The Morgan fingerprint density at radius 3 is 2.78 bits per heavy atom. The normalized spacial score (nSPS) is 16.7. The van der Waals surface area contributed by atoms with E-state index in [0.29, 0.717) is 22.2 Å². The number of hydrogen-bond acceptors (Lipinski definition) is 7. The average Bonchev–Trinajstić information content (AvgIpc) is 3.03. The molecule has 0 saturated heterocycles. The number of benzene rings is 1. The molecule has 27 heavy (non-hydrogen) atoms. The van der Waals surface area contributed by atoms with Crippen LogP contribution in [0.5, 0.6) is 0 Å². The topological polar surface area (TPSA) is 111 Å². The van der Waals surface area contributed by atoms with Gasteiger partial charge in [-0.15, -0.1) is 5.10 Å². The molecule has 0 bridgehead atoms. The van der Waals surface area contributed by atoms with E-state index >= 15 is 0 Å². The third-order valence-corrected chi connectivity index (χ3v) is 5.26. The van der Waals surface area contributed by atoms with Crippen molar-refractivity contribution < 1.29 is 14.3 Å². The Balaban J connectivity index is 2.01. The smallest absolute Gasteiger partial charge is 0.338 e. The first-order valence-electron chi connectivity index (χ1n) is 8.22. The van der Waals surface area contributed by atoms with Crippen LogP contribution in [0.15, 0.2) is 34.6 Å². The molecule has 2 N–H and O–H groups in total. The number of tetrazole rings is 1. The van der Waals surface area contributed by atoms with Gasteiger partial charge >= 0.3 is 12.0 Å². The van der Waals surface area contributed by atoms with Crippen molar-refractivity contribution in [3.63, 3.8) is 0 Å². The molecular weight excluding hydrogens is 368 g/mol. The highest BCUT2D eigenvalue weighted by Gasteiger charge is 2.34. The molecule has 1 aliphatic rings. The lowest BCUT2D eigenvalue weighted by molar-refractivity contribution is -0.136. The summed E-state index contributed by atoms with van der Waals surface area (Å²) in [6, 6.07) is 4.91. The highest BCUT2D eigenvalue weighted by Crippen LogP contribution is 2.31. The van der Waals surface area contributed by atoms with E-state index in [1.165, 1.54) is 23.6 Å². The Labute approximate surface area is 160 Å². The predicted molar refractivity (Wildman–Crippen MR) is 98.9 cm³/mol. The van der Waals surface area contributed by atoms with Gasteiger partial charge in [0.15, 0.2) is 0 Å². The second kappa shape index (κ2) is 7.78. The van der Waals surface area contributed by atoms with Crippen LogP contribution >= 0.6 is 11.8 Å². The number of aryl methyl sites for hydroxylation is 3. The Bertz CT molecular complexity index is 923. The van der Waals surface area contributed by atoms with Crippen molar-refractivity contribution in [1.82, 2.24) is 30.8 Å². The molecule has 10 heteroatoms. The maximum absolute atomic E-state index is 12.5. The first-order valence-corrected chi connectivity index (χ1v) is 9.20. The molecule has 2 aromatic rings. The van der Waals surface area contributed by atoms with Gasteiger partial charge < -0.3 is 15.4 Å². The van der Waals surface area contributed by atoms with Crippen molar-refractivity contribution in [2.75, 3.05) is 12.9 Å². The summed E-state index contributed by atoms with van der Waals surface area (Å²) in [6.07, 6.45) is 0. The van der Waals surface area contributed by atoms with Crippen molar-refractivity contribution in [3.8, 4) is 0 Å². The Morgan fingerprint density at radius 2 is 2.15 bits per heavy atom. The fraction of sp³-hybridized carbons (Fsp3) is 0.353. The second-order valence-electron chi connectivity index (χ2n) is 6.15. The molecule has 0 unspecified atom stereocenters. The summed E-state index contributed by atoms with van der Waals surface area (Å²) in [7, 11) is 3.04. The molecule has 1 aliphatic heterocycles. The number of amides is 2. The van der Waals surface area contributed by atoms with E-state index in [9.17, 15) is 9.59 Å². The number of nitrogens with one attached hydrogen (secondary N) is 2. The van der Waals surface area contributed by atoms with E-state index in [-0.39, 0.29) is 6.03 Å². The summed E-state index contributed by atoms with van der Waals surface area (Å²) in [5, 5.41) is 17.4. The molecule has 1 aromatic carbocycles. The molecule has 0 radical (unpaired) electrons. The monoisotopic (exact) mass is 388 g/mol. The summed E-state index contributed by atoms with van der Waals surface area (Å²) < 4.78 is 6.51. The van der Waals surface area contributed by atoms with Crippen LogP contribution in [0.2, 0.25) is 0 Å². The van der Waals surface area contributed by atoms with Gasteiger partial charge in [-0.1, -0.05) is 35.5 Å². The van der Waals surface area contributed by atoms with Gasteiger partial charge in [0.2, 0.25) is 5.16 Å². The van der Waals surface area contributed by atoms with Crippen molar-refractivity contribution in [2.45, 2.75) is 25.0 Å². The van der Waals surface area contributed by atoms with E-state index in [1.54, 1.807) is 7.05 Å². The third-order valence-electron chi connectivity index (χ3n) is 4.22. The quantitative estimate of drug-likeness (QED) is 0.588. The van der Waals surface area contributed by atoms with Crippen LogP contribution < -0.4 is 10.6 Å². The van der Waals surface area contributed by atoms with Crippen LogP contribution in [-0.2, 0) is 16.6 Å². The lowest BCUT2D eigenvalue weighted by Crippen LogP contribution is -2.46. The second-order valence-corrected chi connectivity index (χ2v) is 7.09. The molecule has 1 aromatic heterocycles. The minimum atomic E-state index is -0.597. The van der Waals surface area contributed by atoms with Gasteiger partial charge in [0.05, 0.1) is 18.7 Å². The number of aromatic nitrogens is 4. The van der Waals surface area contributed by atoms with E-state index in [4.69, 9.17) is 4.74 Å². The Kier molecular flexibility index (Phi) is 5.45. The maximum Gasteiger partial charge on any atom is 0.338 e. The zero-order valence-corrected chi connectivity index (χ0v) is 16.3. The molecule has 3 rings (SSSR count). The molecule has 0 saturated carbocycles. The predicted octanol–water partition coefficient (Wildman–Crippen LogP) is 1.40. The van der Waals surface area contributed by atoms with E-state index in [0.717, 1.165) is 16.7 Å². The highest BCUT2D eigenvalue weighted by atomic mass is 32.2. The first-order chi connectivity index (χ1) is 12.9. The summed E-state index contributed by atoms with van der Waals surface area (Å²) in [5.74, 6) is -0.188. The number of rotatable bonds is 5. The van der Waals surface area contributed by atoms with Crippen molar-refractivity contribution in [3.05, 3.63) is 46.2 Å². The summed E-state index contributed by atoms with van der Waals surface area (Å²) >= 11 is 1.32. The van der Waals surface area contributed by atoms with Crippen molar-refractivity contribution in [1.29, 1.82) is 0 Å². The van der Waals surface area contributed by atoms with Gasteiger partial charge in [-0.05, 0) is 35.4 Å². The minimum absolute atomic E-state index is 0.313. The number of thioether (sulfide) groups is 1. The number of carbonyl (C=O) groups excluding carboxylic acids is 2. The number of methoxy groups -OCH3 is 1. The minimum Gasteiger partial charge on any atom is -0.466 e. The van der Waals surface area contributed by atoms with Crippen LogP contribution in [-0.4, -0.2) is 45.1 Å². The van der Waals surface area contributed by atoms with Crippen LogP contribution in [0, 0.1) is 13.8 Å². The third kappa shape index (κ3) is 3.95. The first kappa shape index (κ1) is 18.9. The van der Waals surface area contributed by atoms with Crippen LogP contribution in [0.4, 0.5) is 4.79 Å². The van der Waals surface area contributed by atoms with Crippen LogP contribution in [0.3, 0.4) is 0 Å². The zero-order valence-electron chi connectivity index (χ0n) is 15.4. The van der Waals surface area contributed by atoms with E-state index in [2.05, 4.69) is 26.2 Å². The molecule has 9 nitrogen and oxygen atoms in total. The number of ether oxygens (including phenoxy) is 1. The Hall–Kier alpha value is -2.88. The molecule has 1 atom stereocenters. The fourth-order valence-electron chi connectivity index (χ4n) is 2.95. The number of esters is 1. The molecule has 2 amide bonds. The summed E-state index contributed by atoms with van der Waals surface area (Å²) in [5.41, 5.74) is 3.77. The van der Waals surface area contributed by atoms with Gasteiger partial charge in [0.25, 0.3) is 0 Å². The SMILES string of the molecule is COC(=O)C1=C(CSc2nnnn2C)NC(=O)N[C@@H]1c1ccc(C)cc1C. The number of hydrogen-bond donors (Lipinski definition) is 2. The molecule has 2 heterocycles. The van der Waals surface area contributed by atoms with Gasteiger partial charge in [-0.2, -0.15) is 0 Å². The fourth-order valence-corrected chi connectivity index (χ4v) is 3.76. The zero-order chi connectivity index (χ0) is 19.6. The number of carbonyl (C=O) groups is 2. The van der Waals surface area contributed by atoms with Gasteiger partial charge in [-0.3, -0.25) is 0 Å². The number of nitrogens with zero attached hydrogens (tertiary/aromatic N) is 4. The van der Waals surface area contributed by atoms with Crippen LogP contribution in [0.25, 0.3) is 0 Å². The maximum atomic E-state index is 12.5. The van der Waals surface area contributed by atoms with Crippen molar-refractivity contribution >= 4 is 23.8 Å². The lowest BCUT2D eigenvalue weighted by atomic mass is 9.91. The van der Waals surface area contributed by atoms with Gasteiger partial charge in [-0.25, -0.2) is 14.3 Å². The highest BCUT2D eigenvalue weighted by molar-refractivity contribution is 7.99. The molecule has 0 fully saturated rings. The largest absolute Gasteiger partial charge is 0.466 e. The van der Waals surface area contributed by atoms with E-state index in [1.807, 2.05) is 32.0 Å². The van der Waals surface area contributed by atoms with Gasteiger partial charge in [0.1, 0.15) is 0 Å². The number of urea groups is 1. The standard InChI is InChI=1S/C17H20N6O3S/c1-9-5-6-11(10(2)7-9)14-13(15(24)26-4)12(18-16(25)19-14)8-27-17-20-21-22-23(17)3/h5-7,14H,8H2,1-4H3,(H2,18,19,25)/t14-/m1/s1. The average molecular weight is 388 g/mol. The van der Waals surface area contributed by atoms with Gasteiger partial charge in [0, 0.05) is 18.5 Å². The van der Waals surface area contributed by atoms with Crippen LogP contribution in [0.1, 0.15) is 22.7 Å². The summed E-state index contributed by atoms with van der Waals surface area (Å²) in [4.78, 5) is 24.8. The molecular formula is C17H20N6O3S. The Morgan fingerprint density at radius 1 is 1.37 bits per heavy atom. The summed E-state index contributed by atoms with van der Waals surface area (Å²) in [6.45, 7) is 3.94. The molecule has 0 spiro atoms. The molecule has 0 aliphatic carbocycles. The van der Waals surface area contributed by atoms with E-state index < -0.39 is 12.0 Å². The molecule has 142 valence electrons. The van der Waals surface area contributed by atoms with Crippen molar-refractivity contribution in [2.24, 2.45) is 7.05 Å². The lowest BCUT2D eigenvalue weighted by Gasteiger charge is -2.30.